The molecule has 1 aliphatic heterocycles. The van der Waals surface area contributed by atoms with Crippen LogP contribution in [0.1, 0.15) is 25.3 Å². The van der Waals surface area contributed by atoms with Crippen molar-refractivity contribution in [2.75, 3.05) is 0 Å². The smallest absolute Gasteiger partial charge is 0.390 e. The molecule has 3 unspecified atom stereocenters. The van der Waals surface area contributed by atoms with E-state index in [4.69, 9.17) is 4.74 Å². The highest BCUT2D eigenvalue weighted by Gasteiger charge is 2.55. The Morgan fingerprint density at radius 2 is 2.09 bits per heavy atom. The molecule has 5 heteroatoms. The summed E-state index contributed by atoms with van der Waals surface area (Å²) >= 11 is 0. The Morgan fingerprint density at radius 1 is 1.36 bits per heavy atom. The van der Waals surface area contributed by atoms with E-state index < -0.39 is 10.6 Å². The third-order valence-electron chi connectivity index (χ3n) is 4.30. The van der Waals surface area contributed by atoms with Crippen molar-refractivity contribution >= 4 is 5.97 Å². The SMILES string of the molecule is CC1=CCC=C(C(=O)O)[N+]1([O-])C1CC1OCc1ccccc1. The fourth-order valence-corrected chi connectivity index (χ4v) is 2.97. The number of ether oxygens (including phenoxy) is 1. The van der Waals surface area contributed by atoms with Crippen LogP contribution in [0.25, 0.3) is 0 Å². The van der Waals surface area contributed by atoms with Gasteiger partial charge < -0.3 is 15.1 Å². The molecule has 2 aliphatic rings. The fourth-order valence-electron chi connectivity index (χ4n) is 2.97. The number of benzene rings is 1. The zero-order valence-corrected chi connectivity index (χ0v) is 12.4. The maximum atomic E-state index is 13.1. The van der Waals surface area contributed by atoms with Gasteiger partial charge in [-0.2, -0.15) is 0 Å². The highest BCUT2D eigenvalue weighted by molar-refractivity contribution is 5.84. The minimum absolute atomic E-state index is 0.0872. The van der Waals surface area contributed by atoms with E-state index in [1.807, 2.05) is 30.3 Å². The van der Waals surface area contributed by atoms with Crippen LogP contribution in [0, 0.1) is 5.21 Å². The summed E-state index contributed by atoms with van der Waals surface area (Å²) in [7, 11) is 0. The molecule has 0 bridgehead atoms. The van der Waals surface area contributed by atoms with Gasteiger partial charge in [0.2, 0.25) is 5.70 Å². The van der Waals surface area contributed by atoms with Crippen molar-refractivity contribution in [2.24, 2.45) is 0 Å². The van der Waals surface area contributed by atoms with Crippen LogP contribution in [0.5, 0.6) is 0 Å². The van der Waals surface area contributed by atoms with Crippen molar-refractivity contribution in [2.45, 2.75) is 38.5 Å². The maximum Gasteiger partial charge on any atom is 0.390 e. The molecule has 1 saturated carbocycles. The zero-order valence-electron chi connectivity index (χ0n) is 12.4. The predicted molar refractivity (Wildman–Crippen MR) is 81.1 cm³/mol. The molecule has 1 aromatic rings. The Morgan fingerprint density at radius 3 is 2.77 bits per heavy atom. The standard InChI is InChI=1S/C17H19NO4/c1-12-6-5-9-14(17(19)20)18(12,21)15-10-16(15)22-11-13-7-3-2-4-8-13/h2-4,6-9,15-16H,5,10-11H2,1H3,(H,19,20). The second kappa shape index (κ2) is 5.68. The average Bonchev–Trinajstić information content (AvgIpc) is 3.29. The van der Waals surface area contributed by atoms with Gasteiger partial charge in [-0.1, -0.05) is 30.3 Å². The van der Waals surface area contributed by atoms with Crippen LogP contribution in [0.2, 0.25) is 0 Å². The molecule has 0 saturated heterocycles. The van der Waals surface area contributed by atoms with Crippen LogP contribution >= 0.6 is 0 Å². The predicted octanol–water partition coefficient (Wildman–Crippen LogP) is 2.93. The highest BCUT2D eigenvalue weighted by atomic mass is 16.6. The lowest BCUT2D eigenvalue weighted by Crippen LogP contribution is -2.46. The van der Waals surface area contributed by atoms with Crippen molar-refractivity contribution in [3.05, 3.63) is 64.6 Å². The first-order valence-corrected chi connectivity index (χ1v) is 7.40. The summed E-state index contributed by atoms with van der Waals surface area (Å²) in [4.78, 5) is 11.4. The van der Waals surface area contributed by atoms with Crippen LogP contribution in [-0.4, -0.2) is 27.9 Å². The van der Waals surface area contributed by atoms with Gasteiger partial charge in [0, 0.05) is 13.3 Å². The summed E-state index contributed by atoms with van der Waals surface area (Å²) in [5.41, 5.74) is 1.50. The summed E-state index contributed by atoms with van der Waals surface area (Å²) in [6.45, 7) is 2.15. The first-order valence-electron chi connectivity index (χ1n) is 7.40. The molecular weight excluding hydrogens is 282 g/mol. The molecule has 0 radical (unpaired) electrons. The van der Waals surface area contributed by atoms with Gasteiger partial charge in [0.1, 0.15) is 17.8 Å². The number of rotatable bonds is 5. The topological polar surface area (TPSA) is 69.6 Å². The van der Waals surface area contributed by atoms with Gasteiger partial charge in [-0.05, 0) is 24.1 Å². The molecule has 1 aromatic carbocycles. The molecule has 3 atom stereocenters. The number of carboxylic acids is 1. The van der Waals surface area contributed by atoms with Gasteiger partial charge in [0.05, 0.1) is 6.61 Å². The lowest BCUT2D eigenvalue weighted by Gasteiger charge is -2.44. The lowest BCUT2D eigenvalue weighted by molar-refractivity contribution is -0.814. The molecule has 0 aromatic heterocycles. The molecule has 3 rings (SSSR count). The monoisotopic (exact) mass is 301 g/mol. The van der Waals surface area contributed by atoms with Gasteiger partial charge in [0.25, 0.3) is 0 Å². The van der Waals surface area contributed by atoms with Crippen molar-refractivity contribution < 1.29 is 19.3 Å². The highest BCUT2D eigenvalue weighted by Crippen LogP contribution is 2.45. The molecule has 1 N–H and O–H groups in total. The molecule has 1 fully saturated rings. The van der Waals surface area contributed by atoms with E-state index >= 15 is 0 Å². The zero-order chi connectivity index (χ0) is 15.7. The van der Waals surface area contributed by atoms with Gasteiger partial charge in [-0.15, -0.1) is 0 Å². The van der Waals surface area contributed by atoms with Crippen LogP contribution in [-0.2, 0) is 16.1 Å². The van der Waals surface area contributed by atoms with E-state index in [1.54, 1.807) is 13.0 Å². The third-order valence-corrected chi connectivity index (χ3v) is 4.30. The number of carboxylic acid groups (broad SMARTS) is 1. The van der Waals surface area contributed by atoms with E-state index in [9.17, 15) is 15.1 Å². The molecule has 0 spiro atoms. The second-order valence-corrected chi connectivity index (χ2v) is 5.77. The van der Waals surface area contributed by atoms with E-state index in [-0.39, 0.29) is 17.8 Å². The normalized spacial score (nSPS) is 30.5. The van der Waals surface area contributed by atoms with E-state index in [0.717, 1.165) is 5.56 Å². The summed E-state index contributed by atoms with van der Waals surface area (Å²) in [5.74, 6) is -1.14. The molecule has 1 heterocycles. The molecule has 5 nitrogen and oxygen atoms in total. The van der Waals surface area contributed by atoms with Crippen molar-refractivity contribution in [3.63, 3.8) is 0 Å². The number of carbonyl (C=O) groups is 1. The minimum Gasteiger partial charge on any atom is -0.622 e. The molecule has 1 aliphatic carbocycles. The number of aliphatic carboxylic acids is 1. The Labute approximate surface area is 129 Å². The average molecular weight is 301 g/mol. The van der Waals surface area contributed by atoms with E-state index in [0.29, 0.717) is 25.1 Å². The van der Waals surface area contributed by atoms with Crippen LogP contribution < -0.4 is 0 Å². The summed E-state index contributed by atoms with van der Waals surface area (Å²) in [6, 6.07) is 9.39. The Hall–Kier alpha value is -1.95. The quantitative estimate of drug-likeness (QED) is 0.670. The third kappa shape index (κ3) is 2.59. The second-order valence-electron chi connectivity index (χ2n) is 5.77. The molecule has 0 amide bonds. The van der Waals surface area contributed by atoms with Gasteiger partial charge in [0.15, 0.2) is 0 Å². The van der Waals surface area contributed by atoms with Crippen LogP contribution in [0.15, 0.2) is 53.9 Å². The number of hydrogen-bond acceptors (Lipinski definition) is 3. The number of quaternary nitrogens is 1. The summed E-state index contributed by atoms with van der Waals surface area (Å²) in [5, 5.41) is 22.5. The summed E-state index contributed by atoms with van der Waals surface area (Å²) < 4.78 is 4.90. The number of hydroxylamine groups is 3. The number of allylic oxidation sites excluding steroid dienone is 3. The number of hydrogen-bond donors (Lipinski definition) is 1. The van der Waals surface area contributed by atoms with E-state index in [2.05, 4.69) is 0 Å². The van der Waals surface area contributed by atoms with Gasteiger partial charge in [-0.25, -0.2) is 4.79 Å². The van der Waals surface area contributed by atoms with Crippen molar-refractivity contribution in [1.82, 2.24) is 0 Å². The van der Waals surface area contributed by atoms with Crippen molar-refractivity contribution in [1.29, 1.82) is 0 Å². The summed E-state index contributed by atoms with van der Waals surface area (Å²) in [6.07, 6.45) is 4.20. The van der Waals surface area contributed by atoms with Crippen LogP contribution in [0.4, 0.5) is 0 Å². The van der Waals surface area contributed by atoms with Crippen molar-refractivity contribution in [3.8, 4) is 0 Å². The van der Waals surface area contributed by atoms with Crippen LogP contribution in [0.3, 0.4) is 0 Å². The maximum absolute atomic E-state index is 13.1. The Kier molecular flexibility index (Phi) is 3.87. The molecule has 22 heavy (non-hydrogen) atoms. The van der Waals surface area contributed by atoms with Gasteiger partial charge in [-0.3, -0.25) is 4.65 Å². The first-order chi connectivity index (χ1) is 10.5. The Balaban J connectivity index is 1.69. The fraction of sp³-hybridized carbons (Fsp3) is 0.353. The lowest BCUT2D eigenvalue weighted by atomic mass is 10.1. The van der Waals surface area contributed by atoms with E-state index in [1.165, 1.54) is 6.08 Å². The molecule has 116 valence electrons. The molecular formula is C17H19NO4. The first kappa shape index (κ1) is 15.0. The van der Waals surface area contributed by atoms with Gasteiger partial charge >= 0.3 is 5.97 Å². The largest absolute Gasteiger partial charge is 0.622 e. The minimum atomic E-state index is -1.14. The number of nitrogens with zero attached hydrogens (tertiary/aromatic N) is 1. The Bertz CT molecular complexity index is 637.